The maximum absolute atomic E-state index is 13.1. The van der Waals surface area contributed by atoms with E-state index in [2.05, 4.69) is 20.8 Å². The van der Waals surface area contributed by atoms with Crippen molar-refractivity contribution in [3.05, 3.63) is 40.7 Å². The summed E-state index contributed by atoms with van der Waals surface area (Å²) < 4.78 is 13.1. The van der Waals surface area contributed by atoms with Gasteiger partial charge < -0.3 is 10.4 Å². The van der Waals surface area contributed by atoms with Gasteiger partial charge in [0.1, 0.15) is 10.8 Å². The zero-order valence-electron chi connectivity index (χ0n) is 12.9. The highest BCUT2D eigenvalue weighted by Crippen LogP contribution is 2.19. The number of aliphatic hydroxyl groups is 1. The van der Waals surface area contributed by atoms with Crippen molar-refractivity contribution < 1.29 is 14.3 Å². The van der Waals surface area contributed by atoms with Gasteiger partial charge in [-0.3, -0.25) is 5.32 Å². The summed E-state index contributed by atoms with van der Waals surface area (Å²) in [6.45, 7) is 3.65. The smallest absolute Gasteiger partial charge is 0.321 e. The number of carbonyl (C=O) groups is 1. The van der Waals surface area contributed by atoms with Crippen molar-refractivity contribution in [1.29, 1.82) is 0 Å². The number of rotatable bonds is 6. The quantitative estimate of drug-likeness (QED) is 0.755. The van der Waals surface area contributed by atoms with E-state index in [0.29, 0.717) is 16.6 Å². The van der Waals surface area contributed by atoms with Gasteiger partial charge in [0.2, 0.25) is 5.13 Å². The Labute approximate surface area is 137 Å². The number of hydrogen-bond donors (Lipinski definition) is 3. The van der Waals surface area contributed by atoms with Crippen LogP contribution >= 0.6 is 11.3 Å². The normalized spacial score (nSPS) is 13.4. The van der Waals surface area contributed by atoms with Crippen LogP contribution in [0.4, 0.5) is 14.3 Å². The summed E-state index contributed by atoms with van der Waals surface area (Å²) in [5.74, 6) is -0.338. The van der Waals surface area contributed by atoms with Crippen molar-refractivity contribution in [2.75, 3.05) is 11.9 Å². The topological polar surface area (TPSA) is 87.1 Å². The fraction of sp³-hybridized carbons (Fsp3) is 0.400. The lowest BCUT2D eigenvalue weighted by Gasteiger charge is -2.18. The molecule has 2 amide bonds. The predicted molar refractivity (Wildman–Crippen MR) is 87.0 cm³/mol. The zero-order chi connectivity index (χ0) is 16.8. The van der Waals surface area contributed by atoms with Gasteiger partial charge in [0.25, 0.3) is 0 Å². The molecule has 1 aromatic heterocycles. The number of anilines is 1. The number of hydrogen-bond acceptors (Lipinski definition) is 5. The molecule has 23 heavy (non-hydrogen) atoms. The average molecular weight is 338 g/mol. The average Bonchev–Trinajstić information content (AvgIpc) is 2.93. The van der Waals surface area contributed by atoms with Crippen LogP contribution in [0.2, 0.25) is 0 Å². The fourth-order valence-electron chi connectivity index (χ4n) is 1.84. The SMILES string of the molecule is CC(CO)C(C)NC(=O)Nc1nnc(Cc2cccc(F)c2)s1. The Morgan fingerprint density at radius 2 is 2.17 bits per heavy atom. The van der Waals surface area contributed by atoms with Crippen molar-refractivity contribution in [1.82, 2.24) is 15.5 Å². The molecule has 2 rings (SSSR count). The molecule has 6 nitrogen and oxygen atoms in total. The highest BCUT2D eigenvalue weighted by atomic mass is 32.1. The van der Waals surface area contributed by atoms with Crippen LogP contribution in [-0.4, -0.2) is 34.0 Å². The van der Waals surface area contributed by atoms with Gasteiger partial charge in [-0.25, -0.2) is 9.18 Å². The summed E-state index contributed by atoms with van der Waals surface area (Å²) in [4.78, 5) is 11.8. The van der Waals surface area contributed by atoms with Gasteiger partial charge in [-0.2, -0.15) is 0 Å². The Morgan fingerprint density at radius 3 is 2.87 bits per heavy atom. The van der Waals surface area contributed by atoms with Crippen LogP contribution in [0.25, 0.3) is 0 Å². The summed E-state index contributed by atoms with van der Waals surface area (Å²) in [5, 5.41) is 23.3. The van der Waals surface area contributed by atoms with Gasteiger partial charge >= 0.3 is 6.03 Å². The number of aliphatic hydroxyl groups excluding tert-OH is 1. The van der Waals surface area contributed by atoms with Crippen molar-refractivity contribution in [3.8, 4) is 0 Å². The molecule has 124 valence electrons. The molecular weight excluding hydrogens is 319 g/mol. The minimum Gasteiger partial charge on any atom is -0.396 e. The summed E-state index contributed by atoms with van der Waals surface area (Å²) >= 11 is 1.24. The van der Waals surface area contributed by atoms with E-state index in [1.807, 2.05) is 19.9 Å². The van der Waals surface area contributed by atoms with Crippen LogP contribution in [0.5, 0.6) is 0 Å². The molecule has 0 fully saturated rings. The molecule has 1 heterocycles. The number of benzene rings is 1. The standard InChI is InChI=1S/C15H19FN4O2S/c1-9(8-21)10(2)17-14(22)18-15-20-19-13(23-15)7-11-4-3-5-12(16)6-11/h3-6,9-10,21H,7-8H2,1-2H3,(H2,17,18,20,22). The van der Waals surface area contributed by atoms with Crippen LogP contribution in [0.1, 0.15) is 24.4 Å². The molecule has 0 spiro atoms. The first kappa shape index (κ1) is 17.3. The molecule has 0 radical (unpaired) electrons. The van der Waals surface area contributed by atoms with Crippen LogP contribution in [-0.2, 0) is 6.42 Å². The molecule has 2 unspecified atom stereocenters. The number of carbonyl (C=O) groups excluding carboxylic acids is 1. The van der Waals surface area contributed by atoms with Crippen LogP contribution < -0.4 is 10.6 Å². The lowest BCUT2D eigenvalue weighted by atomic mass is 10.1. The van der Waals surface area contributed by atoms with Crippen molar-refractivity contribution >= 4 is 22.5 Å². The Balaban J connectivity index is 1.90. The van der Waals surface area contributed by atoms with E-state index in [1.165, 1.54) is 23.5 Å². The predicted octanol–water partition coefficient (Wildman–Crippen LogP) is 2.41. The minimum atomic E-state index is -0.397. The van der Waals surface area contributed by atoms with Gasteiger partial charge in [0.15, 0.2) is 0 Å². The molecule has 8 heteroatoms. The van der Waals surface area contributed by atoms with Crippen LogP contribution in [0, 0.1) is 11.7 Å². The van der Waals surface area contributed by atoms with E-state index in [-0.39, 0.29) is 24.4 Å². The molecule has 0 aliphatic carbocycles. The number of nitrogens with zero attached hydrogens (tertiary/aromatic N) is 2. The van der Waals surface area contributed by atoms with Gasteiger partial charge in [0.05, 0.1) is 0 Å². The molecule has 2 atom stereocenters. The lowest BCUT2D eigenvalue weighted by molar-refractivity contribution is 0.204. The van der Waals surface area contributed by atoms with Crippen molar-refractivity contribution in [2.45, 2.75) is 26.3 Å². The molecule has 0 bridgehead atoms. The fourth-order valence-corrected chi connectivity index (χ4v) is 2.61. The molecule has 3 N–H and O–H groups in total. The van der Waals surface area contributed by atoms with Crippen molar-refractivity contribution in [2.24, 2.45) is 5.92 Å². The monoisotopic (exact) mass is 338 g/mol. The number of halogens is 1. The summed E-state index contributed by atoms with van der Waals surface area (Å²) in [6.07, 6.45) is 0.455. The Morgan fingerprint density at radius 1 is 1.39 bits per heavy atom. The Bertz CT molecular complexity index is 664. The van der Waals surface area contributed by atoms with Gasteiger partial charge in [0, 0.05) is 19.1 Å². The second-order valence-corrected chi connectivity index (χ2v) is 6.42. The highest BCUT2D eigenvalue weighted by Gasteiger charge is 2.15. The minimum absolute atomic E-state index is 0.00195. The molecule has 2 aromatic rings. The zero-order valence-corrected chi connectivity index (χ0v) is 13.7. The third-order valence-electron chi connectivity index (χ3n) is 3.43. The molecule has 1 aromatic carbocycles. The van der Waals surface area contributed by atoms with E-state index in [9.17, 15) is 9.18 Å². The van der Waals surface area contributed by atoms with E-state index in [0.717, 1.165) is 5.56 Å². The van der Waals surface area contributed by atoms with Gasteiger partial charge in [-0.1, -0.05) is 30.4 Å². The highest BCUT2D eigenvalue weighted by molar-refractivity contribution is 7.15. The first-order chi connectivity index (χ1) is 11.0. The molecular formula is C15H19FN4O2S. The molecule has 0 saturated heterocycles. The van der Waals surface area contributed by atoms with E-state index in [1.54, 1.807) is 6.07 Å². The number of amides is 2. The maximum Gasteiger partial charge on any atom is 0.321 e. The number of nitrogens with one attached hydrogen (secondary N) is 2. The lowest BCUT2D eigenvalue weighted by Crippen LogP contribution is -2.40. The van der Waals surface area contributed by atoms with Gasteiger partial charge in [-0.05, 0) is 30.5 Å². The third-order valence-corrected chi connectivity index (χ3v) is 4.27. The third kappa shape index (κ3) is 5.26. The Kier molecular flexibility index (Phi) is 6.00. The van der Waals surface area contributed by atoms with E-state index < -0.39 is 6.03 Å². The van der Waals surface area contributed by atoms with Crippen LogP contribution in [0.15, 0.2) is 24.3 Å². The number of urea groups is 1. The van der Waals surface area contributed by atoms with Gasteiger partial charge in [-0.15, -0.1) is 10.2 Å². The second-order valence-electron chi connectivity index (χ2n) is 5.35. The summed E-state index contributed by atoms with van der Waals surface area (Å²) in [5.41, 5.74) is 0.794. The van der Waals surface area contributed by atoms with E-state index >= 15 is 0 Å². The molecule has 0 aliphatic heterocycles. The first-order valence-electron chi connectivity index (χ1n) is 7.23. The summed E-state index contributed by atoms with van der Waals surface area (Å²) in [6, 6.07) is 5.71. The van der Waals surface area contributed by atoms with Crippen LogP contribution in [0.3, 0.4) is 0 Å². The maximum atomic E-state index is 13.1. The number of aromatic nitrogens is 2. The van der Waals surface area contributed by atoms with E-state index in [4.69, 9.17) is 5.11 Å². The Hall–Kier alpha value is -2.06. The van der Waals surface area contributed by atoms with Crippen molar-refractivity contribution in [3.63, 3.8) is 0 Å². The molecule has 0 aliphatic rings. The largest absolute Gasteiger partial charge is 0.396 e. The summed E-state index contributed by atoms with van der Waals surface area (Å²) in [7, 11) is 0. The first-order valence-corrected chi connectivity index (χ1v) is 8.04. The second kappa shape index (κ2) is 7.98. The molecule has 0 saturated carbocycles.